The second-order valence-electron chi connectivity index (χ2n) is 7.69. The highest BCUT2D eigenvalue weighted by Crippen LogP contribution is 2.41. The Morgan fingerprint density at radius 2 is 1.78 bits per heavy atom. The molecule has 8 heteroatoms. The normalized spacial score (nSPS) is 11.0. The van der Waals surface area contributed by atoms with Crippen LogP contribution in [0.1, 0.15) is 40.6 Å². The maximum atomic E-state index is 13.0. The summed E-state index contributed by atoms with van der Waals surface area (Å²) in [4.78, 5) is 17.0. The molecular formula is C24H21BrN5OS+. The number of hydrogen-bond donors (Lipinski definition) is 3. The van der Waals surface area contributed by atoms with E-state index >= 15 is 0 Å². The minimum atomic E-state index is -0.322. The molecule has 2 heterocycles. The second-order valence-corrected chi connectivity index (χ2v) is 9.62. The maximum Gasteiger partial charge on any atom is 0.290 e. The van der Waals surface area contributed by atoms with Gasteiger partial charge in [-0.05, 0) is 41.3 Å². The number of H-pyrrole nitrogens is 1. The highest BCUT2D eigenvalue weighted by molar-refractivity contribution is 9.10. The van der Waals surface area contributed by atoms with E-state index in [4.69, 9.17) is 11.5 Å². The number of amides is 1. The Morgan fingerprint density at radius 3 is 2.38 bits per heavy atom. The summed E-state index contributed by atoms with van der Waals surface area (Å²) in [6.45, 7) is 4.24. The number of benzene rings is 2. The van der Waals surface area contributed by atoms with E-state index in [1.165, 1.54) is 16.9 Å². The molecule has 0 spiro atoms. The summed E-state index contributed by atoms with van der Waals surface area (Å²) in [5.41, 5.74) is 16.6. The van der Waals surface area contributed by atoms with Crippen molar-refractivity contribution in [3.8, 4) is 17.2 Å². The SMILES string of the molecule is CC(C)c1ccc(-c2c(C#N)c(N)[nH+]c3sc(C(=O)Nc4ccc(Br)cc4)c(N)c23)cc1. The van der Waals surface area contributed by atoms with Gasteiger partial charge in [-0.2, -0.15) is 5.26 Å². The van der Waals surface area contributed by atoms with Crippen molar-refractivity contribution in [1.82, 2.24) is 0 Å². The number of nitrogens with one attached hydrogen (secondary N) is 2. The van der Waals surface area contributed by atoms with E-state index in [9.17, 15) is 10.1 Å². The molecule has 0 aliphatic rings. The van der Waals surface area contributed by atoms with Crippen molar-refractivity contribution in [2.24, 2.45) is 0 Å². The smallest absolute Gasteiger partial charge is 0.290 e. The highest BCUT2D eigenvalue weighted by Gasteiger charge is 2.26. The predicted octanol–water partition coefficient (Wildman–Crippen LogP) is 5.56. The summed E-state index contributed by atoms with van der Waals surface area (Å²) in [5.74, 6) is 0.301. The third-order valence-electron chi connectivity index (χ3n) is 5.25. The lowest BCUT2D eigenvalue weighted by Crippen LogP contribution is -2.13. The highest BCUT2D eigenvalue weighted by atomic mass is 79.9. The van der Waals surface area contributed by atoms with E-state index in [0.29, 0.717) is 43.5 Å². The first-order valence-electron chi connectivity index (χ1n) is 9.94. The number of anilines is 3. The molecule has 0 unspecified atom stereocenters. The third-order valence-corrected chi connectivity index (χ3v) is 6.90. The number of carbonyl (C=O) groups excluding carboxylic acids is 1. The molecule has 32 heavy (non-hydrogen) atoms. The molecule has 0 bridgehead atoms. The number of nitrogen functional groups attached to an aromatic ring is 2. The summed E-state index contributed by atoms with van der Waals surface area (Å²) in [6.07, 6.45) is 0. The first kappa shape index (κ1) is 21.8. The minimum absolute atomic E-state index is 0.240. The van der Waals surface area contributed by atoms with Gasteiger partial charge >= 0.3 is 0 Å². The first-order chi connectivity index (χ1) is 15.3. The van der Waals surface area contributed by atoms with Crippen LogP contribution in [0.3, 0.4) is 0 Å². The van der Waals surface area contributed by atoms with Crippen molar-refractivity contribution < 1.29 is 9.78 Å². The van der Waals surface area contributed by atoms with Crippen molar-refractivity contribution in [1.29, 1.82) is 5.26 Å². The number of aromatic nitrogens is 1. The molecule has 0 fully saturated rings. The number of fused-ring (bicyclic) bond motifs is 1. The molecule has 2 aromatic heterocycles. The predicted molar refractivity (Wildman–Crippen MR) is 134 cm³/mol. The molecule has 6 nitrogen and oxygen atoms in total. The summed E-state index contributed by atoms with van der Waals surface area (Å²) in [5, 5.41) is 13.3. The van der Waals surface area contributed by atoms with Crippen LogP contribution in [0, 0.1) is 11.3 Å². The van der Waals surface area contributed by atoms with Gasteiger partial charge in [0.25, 0.3) is 11.7 Å². The van der Waals surface area contributed by atoms with Crippen LogP contribution < -0.4 is 21.8 Å². The zero-order chi connectivity index (χ0) is 23.0. The van der Waals surface area contributed by atoms with Crippen LogP contribution in [-0.4, -0.2) is 5.91 Å². The Hall–Kier alpha value is -3.41. The van der Waals surface area contributed by atoms with Crippen LogP contribution in [0.4, 0.5) is 17.2 Å². The van der Waals surface area contributed by atoms with Crippen LogP contribution in [-0.2, 0) is 0 Å². The summed E-state index contributed by atoms with van der Waals surface area (Å²) in [7, 11) is 0. The number of hydrogen-bond acceptors (Lipinski definition) is 5. The standard InChI is InChI=1S/C24H20BrN5OS/c1-12(2)13-3-5-14(6-4-13)18-17(11-26)22(28)30-24-19(18)20(27)21(32-24)23(31)29-16-9-7-15(25)8-10-16/h3-10,12H,27H2,1-2H3,(H2,28,30)(H,29,31)/p+1. The zero-order valence-electron chi connectivity index (χ0n) is 17.5. The third kappa shape index (κ3) is 3.93. The van der Waals surface area contributed by atoms with E-state index in [1.54, 1.807) is 12.1 Å². The monoisotopic (exact) mass is 506 g/mol. The van der Waals surface area contributed by atoms with Crippen LogP contribution in [0.15, 0.2) is 53.0 Å². The Morgan fingerprint density at radius 1 is 1.12 bits per heavy atom. The Balaban J connectivity index is 1.86. The molecule has 1 amide bonds. The summed E-state index contributed by atoms with van der Waals surface area (Å²) >= 11 is 4.59. The fourth-order valence-electron chi connectivity index (χ4n) is 3.55. The summed E-state index contributed by atoms with van der Waals surface area (Å²) < 4.78 is 0.916. The van der Waals surface area contributed by atoms with Crippen molar-refractivity contribution >= 4 is 60.6 Å². The lowest BCUT2D eigenvalue weighted by Gasteiger charge is -2.10. The lowest BCUT2D eigenvalue weighted by atomic mass is 9.94. The largest absolute Gasteiger partial charge is 0.397 e. The van der Waals surface area contributed by atoms with Crippen LogP contribution in [0.5, 0.6) is 0 Å². The Labute approximate surface area is 198 Å². The van der Waals surface area contributed by atoms with Gasteiger partial charge in [0.1, 0.15) is 16.5 Å². The Bertz CT molecular complexity index is 1370. The van der Waals surface area contributed by atoms with E-state index in [0.717, 1.165) is 10.0 Å². The fraction of sp³-hybridized carbons (Fsp3) is 0.125. The first-order valence-corrected chi connectivity index (χ1v) is 11.5. The average Bonchev–Trinajstić information content (AvgIpc) is 3.10. The average molecular weight is 507 g/mol. The molecule has 2 aromatic carbocycles. The van der Waals surface area contributed by atoms with Gasteiger partial charge in [0.05, 0.1) is 11.1 Å². The van der Waals surface area contributed by atoms with Crippen LogP contribution in [0.2, 0.25) is 0 Å². The van der Waals surface area contributed by atoms with Gasteiger partial charge in [0, 0.05) is 15.7 Å². The van der Waals surface area contributed by atoms with E-state index in [2.05, 4.69) is 46.1 Å². The quantitative estimate of drug-likeness (QED) is 0.335. The van der Waals surface area contributed by atoms with Crippen LogP contribution >= 0.6 is 27.3 Å². The van der Waals surface area contributed by atoms with Gasteiger partial charge in [-0.3, -0.25) is 10.5 Å². The molecule has 6 N–H and O–H groups in total. The molecule has 0 saturated carbocycles. The summed E-state index contributed by atoms with van der Waals surface area (Å²) in [6, 6.07) is 17.5. The molecule has 0 aliphatic carbocycles. The molecule has 4 rings (SSSR count). The van der Waals surface area contributed by atoms with Crippen molar-refractivity contribution in [2.75, 3.05) is 16.8 Å². The molecule has 4 aromatic rings. The number of carbonyl (C=O) groups is 1. The zero-order valence-corrected chi connectivity index (χ0v) is 19.9. The van der Waals surface area contributed by atoms with Gasteiger partial charge in [-0.1, -0.05) is 65.4 Å². The van der Waals surface area contributed by atoms with Gasteiger partial charge in [0.15, 0.2) is 4.83 Å². The number of thiophene rings is 1. The molecule has 160 valence electrons. The second kappa shape index (κ2) is 8.61. The number of halogens is 1. The van der Waals surface area contributed by atoms with Gasteiger partial charge in [-0.15, -0.1) is 0 Å². The van der Waals surface area contributed by atoms with Gasteiger partial charge in [-0.25, -0.2) is 4.98 Å². The van der Waals surface area contributed by atoms with Gasteiger partial charge < -0.3 is 11.1 Å². The minimum Gasteiger partial charge on any atom is -0.397 e. The van der Waals surface area contributed by atoms with Crippen molar-refractivity contribution in [3.63, 3.8) is 0 Å². The number of nitrogens with two attached hydrogens (primary N) is 2. The van der Waals surface area contributed by atoms with Crippen molar-refractivity contribution in [2.45, 2.75) is 19.8 Å². The van der Waals surface area contributed by atoms with E-state index < -0.39 is 0 Å². The number of nitrogens with zero attached hydrogens (tertiary/aromatic N) is 1. The van der Waals surface area contributed by atoms with Crippen LogP contribution in [0.25, 0.3) is 21.3 Å². The molecule has 0 atom stereocenters. The maximum absolute atomic E-state index is 13.0. The lowest BCUT2D eigenvalue weighted by molar-refractivity contribution is -0.323. The molecule has 0 saturated heterocycles. The topological polar surface area (TPSA) is 119 Å². The van der Waals surface area contributed by atoms with Gasteiger partial charge in [0.2, 0.25) is 0 Å². The van der Waals surface area contributed by atoms with Crippen molar-refractivity contribution in [3.05, 3.63) is 69.0 Å². The van der Waals surface area contributed by atoms with E-state index in [-0.39, 0.29) is 11.7 Å². The van der Waals surface area contributed by atoms with E-state index in [1.807, 2.05) is 36.4 Å². The number of aromatic amines is 1. The number of pyridine rings is 1. The number of nitriles is 1. The Kier molecular flexibility index (Phi) is 5.87. The molecular weight excluding hydrogens is 486 g/mol. The number of rotatable bonds is 4. The molecule has 0 aliphatic heterocycles. The molecule has 0 radical (unpaired) electrons. The fourth-order valence-corrected chi connectivity index (χ4v) is 4.85.